The van der Waals surface area contributed by atoms with Crippen molar-refractivity contribution in [1.29, 1.82) is 0 Å². The quantitative estimate of drug-likeness (QED) is 0.162. The average Bonchev–Trinajstić information content (AvgIpc) is 3.55. The lowest BCUT2D eigenvalue weighted by molar-refractivity contribution is -0.118. The molecule has 0 saturated heterocycles. The number of rotatable bonds is 8. The van der Waals surface area contributed by atoms with Crippen molar-refractivity contribution in [3.8, 4) is 11.5 Å². The van der Waals surface area contributed by atoms with E-state index in [1.54, 1.807) is 21.9 Å². The number of nitrogens with zero attached hydrogens (tertiary/aromatic N) is 2. The van der Waals surface area contributed by atoms with Crippen LogP contribution in [0.4, 0.5) is 11.4 Å². The Morgan fingerprint density at radius 2 is 1.29 bits per heavy atom. The van der Waals surface area contributed by atoms with Crippen LogP contribution in [0.1, 0.15) is 23.0 Å². The minimum atomic E-state index is -2.67. The number of fused-ring (bicyclic) bond motifs is 6. The molecule has 0 radical (unpaired) electrons. The topological polar surface area (TPSA) is 123 Å². The fraction of sp³-hybridized carbons (Fsp3) is 0.267. The number of phenolic OH excluding ortho intramolecular Hbond substituents is 1. The van der Waals surface area contributed by atoms with Gasteiger partial charge in [-0.2, -0.15) is 0 Å². The van der Waals surface area contributed by atoms with E-state index < -0.39 is 8.60 Å². The number of benzene rings is 4. The molecule has 0 fully saturated rings. The Kier molecular flexibility index (Phi) is 8.16. The molecule has 2 aliphatic heterocycles. The van der Waals surface area contributed by atoms with Crippen LogP contribution in [0.3, 0.4) is 0 Å². The van der Waals surface area contributed by atoms with Gasteiger partial charge in [-0.15, -0.1) is 23.2 Å². The minimum absolute atomic E-state index is 0.0866. The number of hydrogen-bond donors (Lipinski definition) is 4. The molecule has 2 atom stereocenters. The number of alkyl halides is 2. The van der Waals surface area contributed by atoms with E-state index in [0.717, 1.165) is 21.9 Å². The summed E-state index contributed by atoms with van der Waals surface area (Å²) in [6.45, 7) is 0.514. The van der Waals surface area contributed by atoms with E-state index in [1.807, 2.05) is 48.5 Å². The highest BCUT2D eigenvalue weighted by molar-refractivity contribution is 7.39. The number of phenols is 1. The zero-order chi connectivity index (χ0) is 29.5. The van der Waals surface area contributed by atoms with Gasteiger partial charge in [0.05, 0.1) is 24.5 Å². The number of nitrogens with one attached hydrogen (secondary N) is 1. The van der Waals surface area contributed by atoms with Crippen LogP contribution in [-0.2, 0) is 9.59 Å². The fourth-order valence-electron chi connectivity index (χ4n) is 6.19. The summed E-state index contributed by atoms with van der Waals surface area (Å²) < 4.78 is 5.31. The summed E-state index contributed by atoms with van der Waals surface area (Å²) in [6.07, 6.45) is 0. The van der Waals surface area contributed by atoms with Gasteiger partial charge in [0.2, 0.25) is 11.8 Å². The van der Waals surface area contributed by atoms with Crippen LogP contribution in [0.25, 0.3) is 21.5 Å². The predicted molar refractivity (Wildman–Crippen MR) is 166 cm³/mol. The van der Waals surface area contributed by atoms with Gasteiger partial charge in [-0.25, -0.2) is 0 Å². The smallest absolute Gasteiger partial charge is 0.391 e. The van der Waals surface area contributed by atoms with E-state index in [-0.39, 0.29) is 54.1 Å². The second-order valence-corrected chi connectivity index (χ2v) is 11.7. The lowest BCUT2D eigenvalue weighted by Gasteiger charge is -2.21. The first-order valence-corrected chi connectivity index (χ1v) is 15.6. The average molecular weight is 628 g/mol. The van der Waals surface area contributed by atoms with Crippen LogP contribution >= 0.6 is 31.8 Å². The highest BCUT2D eigenvalue weighted by atomic mass is 35.5. The molecule has 0 aliphatic carbocycles. The molecule has 0 bridgehead atoms. The number of aromatic hydroxyl groups is 1. The molecule has 0 spiro atoms. The van der Waals surface area contributed by atoms with Crippen LogP contribution < -0.4 is 19.6 Å². The molecular weight excluding hydrogens is 600 g/mol. The van der Waals surface area contributed by atoms with Gasteiger partial charge in [-0.1, -0.05) is 48.5 Å². The molecule has 2 heterocycles. The van der Waals surface area contributed by atoms with E-state index in [9.17, 15) is 24.5 Å². The molecule has 4 aromatic rings. The Hall–Kier alpha value is -3.17. The van der Waals surface area contributed by atoms with Crippen LogP contribution in [-0.4, -0.2) is 64.6 Å². The maximum absolute atomic E-state index is 13.4. The van der Waals surface area contributed by atoms with Crippen LogP contribution in [0, 0.1) is 0 Å². The van der Waals surface area contributed by atoms with E-state index >= 15 is 0 Å². The summed E-state index contributed by atoms with van der Waals surface area (Å²) >= 11 is 12.6. The van der Waals surface area contributed by atoms with Crippen molar-refractivity contribution in [1.82, 2.24) is 5.32 Å². The van der Waals surface area contributed by atoms with E-state index in [0.29, 0.717) is 41.1 Å². The molecule has 0 aromatic heterocycles. The Labute approximate surface area is 253 Å². The van der Waals surface area contributed by atoms with Gasteiger partial charge in [-0.3, -0.25) is 14.9 Å². The van der Waals surface area contributed by atoms with Crippen molar-refractivity contribution in [2.24, 2.45) is 0 Å². The maximum Gasteiger partial charge on any atom is 0.391 e. The number of halogens is 2. The number of hydrogen-bond acceptors (Lipinski definition) is 7. The van der Waals surface area contributed by atoms with Crippen molar-refractivity contribution in [2.75, 3.05) is 47.7 Å². The van der Waals surface area contributed by atoms with Crippen molar-refractivity contribution in [2.45, 2.75) is 11.8 Å². The highest BCUT2D eigenvalue weighted by Crippen LogP contribution is 2.48. The molecule has 0 unspecified atom stereocenters. The Balaban J connectivity index is 1.20. The highest BCUT2D eigenvalue weighted by Gasteiger charge is 2.36. The first-order chi connectivity index (χ1) is 20.3. The zero-order valence-electron chi connectivity index (χ0n) is 22.3. The molecule has 42 heavy (non-hydrogen) atoms. The molecule has 12 heteroatoms. The second kappa shape index (κ2) is 11.8. The molecule has 9 nitrogen and oxygen atoms in total. The van der Waals surface area contributed by atoms with Gasteiger partial charge in [0.25, 0.3) is 0 Å². The third-order valence-corrected chi connectivity index (χ3v) is 9.09. The fourth-order valence-corrected chi connectivity index (χ4v) is 7.03. The summed E-state index contributed by atoms with van der Waals surface area (Å²) in [5.74, 6) is 0.231. The summed E-state index contributed by atoms with van der Waals surface area (Å²) in [4.78, 5) is 49.1. The van der Waals surface area contributed by atoms with Crippen molar-refractivity contribution < 1.29 is 29.0 Å². The number of carbonyl (C=O) groups excluding carboxylic acids is 2. The van der Waals surface area contributed by atoms with Crippen LogP contribution in [0.15, 0.2) is 60.7 Å². The SMILES string of the molecule is O=C(CNCC(=O)N1C[C@@H](CCl)c2c1cc(OP(O)O)c1ccccc21)N1C[C@@H](CCl)c2c1cc(O)c1ccccc21. The van der Waals surface area contributed by atoms with Gasteiger partial charge in [-0.05, 0) is 21.9 Å². The lowest BCUT2D eigenvalue weighted by atomic mass is 9.95. The van der Waals surface area contributed by atoms with E-state index in [4.69, 9.17) is 27.7 Å². The maximum atomic E-state index is 13.4. The third kappa shape index (κ3) is 5.04. The summed E-state index contributed by atoms with van der Waals surface area (Å²) in [6, 6.07) is 18.1. The normalized spacial score (nSPS) is 17.7. The zero-order valence-corrected chi connectivity index (χ0v) is 24.7. The predicted octanol–water partition coefficient (Wildman–Crippen LogP) is 4.92. The largest absolute Gasteiger partial charge is 0.507 e. The molecule has 4 N–H and O–H groups in total. The van der Waals surface area contributed by atoms with Gasteiger partial charge in [0.1, 0.15) is 11.5 Å². The molecule has 4 aromatic carbocycles. The van der Waals surface area contributed by atoms with Gasteiger partial charge < -0.3 is 29.2 Å². The minimum Gasteiger partial charge on any atom is -0.507 e. The Morgan fingerprint density at radius 1 is 0.810 bits per heavy atom. The summed E-state index contributed by atoms with van der Waals surface area (Å²) in [5.41, 5.74) is 3.04. The first kappa shape index (κ1) is 28.9. The number of amides is 2. The number of carbonyl (C=O) groups is 2. The molecule has 2 amide bonds. The van der Waals surface area contributed by atoms with Crippen LogP contribution in [0.2, 0.25) is 0 Å². The molecule has 2 aliphatic rings. The Bertz CT molecular complexity index is 1700. The monoisotopic (exact) mass is 627 g/mol. The van der Waals surface area contributed by atoms with Crippen molar-refractivity contribution >= 4 is 76.5 Å². The van der Waals surface area contributed by atoms with Crippen LogP contribution in [0.5, 0.6) is 11.5 Å². The van der Waals surface area contributed by atoms with E-state index in [1.165, 1.54) is 0 Å². The first-order valence-electron chi connectivity index (χ1n) is 13.4. The van der Waals surface area contributed by atoms with Crippen molar-refractivity contribution in [3.05, 3.63) is 71.8 Å². The lowest BCUT2D eigenvalue weighted by Crippen LogP contribution is -2.43. The third-order valence-electron chi connectivity index (χ3n) is 7.98. The second-order valence-electron chi connectivity index (χ2n) is 10.4. The number of anilines is 2. The molecule has 6 rings (SSSR count). The summed E-state index contributed by atoms with van der Waals surface area (Å²) in [7, 11) is -2.67. The van der Waals surface area contributed by atoms with Gasteiger partial charge in [0.15, 0.2) is 0 Å². The molecule has 218 valence electrons. The van der Waals surface area contributed by atoms with Crippen molar-refractivity contribution in [3.63, 3.8) is 0 Å². The van der Waals surface area contributed by atoms with E-state index in [2.05, 4.69) is 5.32 Å². The Morgan fingerprint density at radius 3 is 1.81 bits per heavy atom. The summed E-state index contributed by atoms with van der Waals surface area (Å²) in [5, 5.41) is 16.7. The standard InChI is InChI=1S/C30H28Cl2N3O6P/c31-11-17-15-34(23-9-25(36)19-5-1-3-7-21(19)29(17)23)27(37)13-33-14-28(38)35-16-18(12-32)30-22-8-4-2-6-20(22)26(10-24(30)35)41-42(39)40/h1-10,17-18,33,36,39-40H,11-16H2/t17-,18-/m1/s1. The molecule has 0 saturated carbocycles. The van der Waals surface area contributed by atoms with Gasteiger partial charge in [0, 0.05) is 59.6 Å². The van der Waals surface area contributed by atoms with Gasteiger partial charge >= 0.3 is 8.60 Å². The molecular formula is C30H28Cl2N3O6P.